The van der Waals surface area contributed by atoms with E-state index in [1.54, 1.807) is 6.07 Å². The molecular weight excluding hydrogens is 566 g/mol. The Balaban J connectivity index is 1.29. The van der Waals surface area contributed by atoms with Crippen LogP contribution in [-0.2, 0) is 37.3 Å². The molecule has 0 aliphatic carbocycles. The van der Waals surface area contributed by atoms with E-state index in [9.17, 15) is 14.7 Å². The molecule has 3 aliphatic rings. The number of carboxylic acid groups (broad SMARTS) is 1. The Labute approximate surface area is 263 Å². The lowest BCUT2D eigenvalue weighted by Crippen LogP contribution is -2.52. The Kier molecular flexibility index (Phi) is 8.41. The number of benzene rings is 3. The highest BCUT2D eigenvalue weighted by Crippen LogP contribution is 2.36. The van der Waals surface area contributed by atoms with Gasteiger partial charge in [-0.25, -0.2) is 4.79 Å². The van der Waals surface area contributed by atoms with Crippen molar-refractivity contribution in [3.8, 4) is 17.0 Å². The Morgan fingerprint density at radius 1 is 0.867 bits per heavy atom. The molecule has 3 aromatic carbocycles. The average molecular weight is 606 g/mol. The summed E-state index contributed by atoms with van der Waals surface area (Å²) >= 11 is 0. The minimum absolute atomic E-state index is 0.0111. The second-order valence-corrected chi connectivity index (χ2v) is 12.3. The van der Waals surface area contributed by atoms with Crippen LogP contribution in [0.2, 0.25) is 0 Å². The van der Waals surface area contributed by atoms with Crippen molar-refractivity contribution in [3.63, 3.8) is 0 Å². The van der Waals surface area contributed by atoms with Crippen molar-refractivity contribution in [2.24, 2.45) is 0 Å². The van der Waals surface area contributed by atoms with Crippen LogP contribution in [0.1, 0.15) is 55.9 Å². The third-order valence-corrected chi connectivity index (χ3v) is 9.42. The molecule has 1 aromatic heterocycles. The van der Waals surface area contributed by atoms with E-state index >= 15 is 0 Å². The topological polar surface area (TPSA) is 84.2 Å². The Hall–Kier alpha value is -4.40. The number of morpholine rings is 1. The Morgan fingerprint density at radius 2 is 1.64 bits per heavy atom. The van der Waals surface area contributed by atoms with Gasteiger partial charge in [0.2, 0.25) is 0 Å². The minimum Gasteiger partial charge on any atom is -0.489 e. The second kappa shape index (κ2) is 12.9. The first-order valence-corrected chi connectivity index (χ1v) is 16.0. The van der Waals surface area contributed by atoms with E-state index in [1.807, 2.05) is 59.5 Å². The molecule has 8 nitrogen and oxygen atoms in total. The second-order valence-electron chi connectivity index (χ2n) is 12.3. The number of carbonyl (C=O) groups excluding carboxylic acids is 1. The fraction of sp³-hybridized carbons (Fsp3) is 0.351. The maximum absolute atomic E-state index is 14.9. The van der Waals surface area contributed by atoms with E-state index in [0.717, 1.165) is 73.5 Å². The molecule has 1 N–H and O–H groups in total. The maximum atomic E-state index is 14.9. The number of nitrogens with zero attached hydrogens (tertiary/aromatic N) is 3. The monoisotopic (exact) mass is 605 g/mol. The van der Waals surface area contributed by atoms with E-state index in [0.29, 0.717) is 49.7 Å². The summed E-state index contributed by atoms with van der Waals surface area (Å²) in [5.74, 6) is -0.385. The third-order valence-electron chi connectivity index (χ3n) is 9.42. The van der Waals surface area contributed by atoms with Gasteiger partial charge < -0.3 is 24.0 Å². The molecule has 0 bridgehead atoms. The molecule has 0 saturated carbocycles. The quantitative estimate of drug-likeness (QED) is 0.279. The molecule has 3 aliphatic heterocycles. The molecule has 1 saturated heterocycles. The lowest BCUT2D eigenvalue weighted by Gasteiger charge is -2.40. The van der Waals surface area contributed by atoms with Gasteiger partial charge in [0.15, 0.2) is 0 Å². The number of rotatable bonds is 8. The van der Waals surface area contributed by atoms with Crippen molar-refractivity contribution < 1.29 is 24.2 Å². The van der Waals surface area contributed by atoms with Crippen LogP contribution in [0.5, 0.6) is 5.75 Å². The van der Waals surface area contributed by atoms with Crippen LogP contribution in [0.25, 0.3) is 11.3 Å². The van der Waals surface area contributed by atoms with Gasteiger partial charge in [0.05, 0.1) is 24.3 Å². The highest BCUT2D eigenvalue weighted by molar-refractivity contribution is 6.02. The Morgan fingerprint density at radius 3 is 2.44 bits per heavy atom. The summed E-state index contributed by atoms with van der Waals surface area (Å²) in [7, 11) is 0. The van der Waals surface area contributed by atoms with Crippen molar-refractivity contribution in [3.05, 3.63) is 112 Å². The normalized spacial score (nSPS) is 18.2. The van der Waals surface area contributed by atoms with Crippen molar-refractivity contribution in [1.82, 2.24) is 14.4 Å². The van der Waals surface area contributed by atoms with E-state index in [-0.39, 0.29) is 11.9 Å². The standard InChI is InChI=1S/C37H39N3O5/c41-36(40-23-28-11-5-4-10-27(28)20-29(40)24-38-16-18-44-19-17-38)32-21-30(45-25-26-8-2-1-3-9-26)13-14-31(32)35-22-33(37(42)43)34-12-6-7-15-39(34)35/h1-5,8-11,13-14,21-22,29H,6-7,12,15-20,23-25H2,(H,42,43)/t29-/m0/s1. The molecule has 0 radical (unpaired) electrons. The first-order valence-electron chi connectivity index (χ1n) is 16.0. The fourth-order valence-corrected chi connectivity index (χ4v) is 7.06. The molecule has 45 heavy (non-hydrogen) atoms. The van der Waals surface area contributed by atoms with Gasteiger partial charge in [-0.3, -0.25) is 9.69 Å². The molecule has 232 valence electrons. The van der Waals surface area contributed by atoms with E-state index in [2.05, 4.69) is 27.7 Å². The molecule has 1 atom stereocenters. The first-order chi connectivity index (χ1) is 22.0. The SMILES string of the molecule is O=C(O)c1cc(-c2ccc(OCc3ccccc3)cc2C(=O)N2Cc3ccccc3C[C@H]2CN2CCOCC2)n2c1CCCC2. The van der Waals surface area contributed by atoms with Gasteiger partial charge in [-0.1, -0.05) is 54.6 Å². The Bertz CT molecular complexity index is 1690. The molecular formula is C37H39N3O5. The summed E-state index contributed by atoms with van der Waals surface area (Å²) in [5.41, 5.74) is 6.71. The van der Waals surface area contributed by atoms with Crippen LogP contribution in [-0.4, -0.2) is 70.2 Å². The van der Waals surface area contributed by atoms with Crippen molar-refractivity contribution in [1.29, 1.82) is 0 Å². The summed E-state index contributed by atoms with van der Waals surface area (Å²) in [4.78, 5) is 31.6. The van der Waals surface area contributed by atoms with Crippen LogP contribution < -0.4 is 4.74 Å². The lowest BCUT2D eigenvalue weighted by atomic mass is 9.92. The zero-order valence-electron chi connectivity index (χ0n) is 25.5. The molecule has 0 unspecified atom stereocenters. The summed E-state index contributed by atoms with van der Waals surface area (Å²) in [6, 6.07) is 25.8. The van der Waals surface area contributed by atoms with Gasteiger partial charge in [-0.15, -0.1) is 0 Å². The van der Waals surface area contributed by atoms with Crippen LogP contribution >= 0.6 is 0 Å². The van der Waals surface area contributed by atoms with Gasteiger partial charge in [0.1, 0.15) is 12.4 Å². The van der Waals surface area contributed by atoms with Gasteiger partial charge in [-0.05, 0) is 66.6 Å². The molecule has 4 heterocycles. The molecule has 8 heteroatoms. The van der Waals surface area contributed by atoms with Crippen LogP contribution in [0.3, 0.4) is 0 Å². The summed E-state index contributed by atoms with van der Waals surface area (Å²) in [6.07, 6.45) is 3.42. The van der Waals surface area contributed by atoms with E-state index < -0.39 is 5.97 Å². The highest BCUT2D eigenvalue weighted by atomic mass is 16.5. The van der Waals surface area contributed by atoms with Crippen molar-refractivity contribution >= 4 is 11.9 Å². The van der Waals surface area contributed by atoms with E-state index in [4.69, 9.17) is 9.47 Å². The van der Waals surface area contributed by atoms with Crippen LogP contribution in [0, 0.1) is 0 Å². The van der Waals surface area contributed by atoms with E-state index in [1.165, 1.54) is 5.56 Å². The largest absolute Gasteiger partial charge is 0.489 e. The van der Waals surface area contributed by atoms with Crippen molar-refractivity contribution in [2.45, 2.75) is 51.4 Å². The number of amides is 1. The van der Waals surface area contributed by atoms with Gasteiger partial charge >= 0.3 is 5.97 Å². The smallest absolute Gasteiger partial charge is 0.337 e. The third kappa shape index (κ3) is 6.13. The zero-order chi connectivity index (χ0) is 30.8. The predicted molar refractivity (Wildman–Crippen MR) is 172 cm³/mol. The number of carbonyl (C=O) groups is 2. The van der Waals surface area contributed by atoms with Crippen molar-refractivity contribution in [2.75, 3.05) is 32.8 Å². The molecule has 4 aromatic rings. The molecule has 1 amide bonds. The highest BCUT2D eigenvalue weighted by Gasteiger charge is 2.34. The number of hydrogen-bond donors (Lipinski definition) is 1. The summed E-state index contributed by atoms with van der Waals surface area (Å²) < 4.78 is 13.9. The molecule has 7 rings (SSSR count). The first kappa shape index (κ1) is 29.3. The molecule has 0 spiro atoms. The van der Waals surface area contributed by atoms with Gasteiger partial charge in [0, 0.05) is 55.7 Å². The van der Waals surface area contributed by atoms with Crippen LogP contribution in [0.4, 0.5) is 0 Å². The molecule has 1 fully saturated rings. The number of aromatic nitrogens is 1. The number of fused-ring (bicyclic) bond motifs is 2. The van der Waals surface area contributed by atoms with Gasteiger partial charge in [0.25, 0.3) is 5.91 Å². The summed E-state index contributed by atoms with van der Waals surface area (Å²) in [6.45, 7) is 5.51. The fourth-order valence-electron chi connectivity index (χ4n) is 7.06. The number of ether oxygens (including phenoxy) is 2. The van der Waals surface area contributed by atoms with Crippen LogP contribution in [0.15, 0.2) is 78.9 Å². The number of carboxylic acids is 1. The summed E-state index contributed by atoms with van der Waals surface area (Å²) in [5, 5.41) is 10.1. The van der Waals surface area contributed by atoms with Gasteiger partial charge in [-0.2, -0.15) is 0 Å². The lowest BCUT2D eigenvalue weighted by molar-refractivity contribution is 0.0193. The average Bonchev–Trinajstić information content (AvgIpc) is 3.47. The number of aromatic carboxylic acids is 1. The predicted octanol–water partition coefficient (Wildman–Crippen LogP) is 5.67. The zero-order valence-corrected chi connectivity index (χ0v) is 25.5. The minimum atomic E-state index is -0.930. The number of hydrogen-bond acceptors (Lipinski definition) is 5. The maximum Gasteiger partial charge on any atom is 0.337 e.